The molecular weight excluding hydrogens is 372 g/mol. The Labute approximate surface area is 171 Å². The predicted molar refractivity (Wildman–Crippen MR) is 106 cm³/mol. The fourth-order valence-corrected chi connectivity index (χ4v) is 3.65. The molecule has 0 radical (unpaired) electrons. The van der Waals surface area contributed by atoms with Crippen molar-refractivity contribution in [3.63, 3.8) is 0 Å². The van der Waals surface area contributed by atoms with Gasteiger partial charge in [-0.25, -0.2) is 4.79 Å². The van der Waals surface area contributed by atoms with E-state index in [2.05, 4.69) is 16.3 Å². The van der Waals surface area contributed by atoms with Gasteiger partial charge in [0.2, 0.25) is 0 Å². The fourth-order valence-electron chi connectivity index (χ4n) is 3.65. The van der Waals surface area contributed by atoms with Crippen molar-refractivity contribution in [3.05, 3.63) is 35.9 Å². The minimum absolute atomic E-state index is 0.252. The summed E-state index contributed by atoms with van der Waals surface area (Å²) in [5.41, 5.74) is -0.0667. The van der Waals surface area contributed by atoms with Crippen LogP contribution in [0.15, 0.2) is 30.3 Å². The van der Waals surface area contributed by atoms with Crippen molar-refractivity contribution in [1.29, 1.82) is 5.26 Å². The van der Waals surface area contributed by atoms with Crippen LogP contribution >= 0.6 is 0 Å². The lowest BCUT2D eigenvalue weighted by Crippen LogP contribution is -2.54. The fraction of sp³-hybridized carbons (Fsp3) is 0.571. The maximum atomic E-state index is 13.1. The molecule has 2 atom stereocenters. The molecule has 29 heavy (non-hydrogen) atoms. The molecule has 3 rings (SSSR count). The zero-order valence-electron chi connectivity index (χ0n) is 16.8. The van der Waals surface area contributed by atoms with Crippen LogP contribution in [0, 0.1) is 11.3 Å². The molecule has 0 aromatic heterocycles. The lowest BCUT2D eigenvalue weighted by atomic mass is 9.99. The van der Waals surface area contributed by atoms with Gasteiger partial charge in [0.25, 0.3) is 5.91 Å². The largest absolute Gasteiger partial charge is 0.436 e. The van der Waals surface area contributed by atoms with Crippen molar-refractivity contribution in [1.82, 2.24) is 15.1 Å². The average Bonchev–Trinajstić information content (AvgIpc) is 3.18. The summed E-state index contributed by atoms with van der Waals surface area (Å²) in [4.78, 5) is 29.3. The number of hydrogen-bond donors (Lipinski definition) is 1. The third kappa shape index (κ3) is 5.46. The van der Waals surface area contributed by atoms with Crippen molar-refractivity contribution in [3.8, 4) is 6.07 Å². The molecule has 1 unspecified atom stereocenters. The highest BCUT2D eigenvalue weighted by molar-refractivity contribution is 5.85. The third-order valence-corrected chi connectivity index (χ3v) is 5.44. The molecule has 0 spiro atoms. The predicted octanol–water partition coefficient (Wildman–Crippen LogP) is 1.17. The Morgan fingerprint density at radius 1 is 1.28 bits per heavy atom. The number of ether oxygens (including phenoxy) is 2. The summed E-state index contributed by atoms with van der Waals surface area (Å²) < 4.78 is 10.9. The number of morpholine rings is 1. The number of likely N-dealkylation sites (N-methyl/N-ethyl adjacent to an activating group) is 1. The Bertz CT molecular complexity index is 745. The number of nitrogens with one attached hydrogen (secondary N) is 1. The van der Waals surface area contributed by atoms with Crippen LogP contribution in [0.25, 0.3) is 0 Å². The highest BCUT2D eigenvalue weighted by atomic mass is 16.6. The summed E-state index contributed by atoms with van der Waals surface area (Å²) in [6.07, 6.45) is -0.731. The Morgan fingerprint density at radius 2 is 2.00 bits per heavy atom. The van der Waals surface area contributed by atoms with Crippen LogP contribution in [0.3, 0.4) is 0 Å². The van der Waals surface area contributed by atoms with Crippen LogP contribution in [0.4, 0.5) is 4.79 Å². The Morgan fingerprint density at radius 3 is 2.62 bits per heavy atom. The van der Waals surface area contributed by atoms with Crippen LogP contribution in [0.2, 0.25) is 0 Å². The van der Waals surface area contributed by atoms with E-state index in [1.807, 2.05) is 37.3 Å². The van der Waals surface area contributed by atoms with Crippen LogP contribution in [-0.4, -0.2) is 79.4 Å². The van der Waals surface area contributed by atoms with Gasteiger partial charge in [0.15, 0.2) is 6.10 Å². The topological polar surface area (TPSA) is 94.9 Å². The van der Waals surface area contributed by atoms with E-state index in [1.54, 1.807) is 4.90 Å². The van der Waals surface area contributed by atoms with Crippen LogP contribution in [0.5, 0.6) is 0 Å². The molecule has 0 aliphatic carbocycles. The highest BCUT2D eigenvalue weighted by Gasteiger charge is 2.41. The second-order valence-electron chi connectivity index (χ2n) is 7.46. The van der Waals surface area contributed by atoms with Crippen molar-refractivity contribution in [2.45, 2.75) is 31.4 Å². The first-order valence-corrected chi connectivity index (χ1v) is 10.1. The number of benzene rings is 1. The maximum Gasteiger partial charge on any atom is 0.410 e. The summed E-state index contributed by atoms with van der Waals surface area (Å²) in [6.45, 7) is 5.85. The van der Waals surface area contributed by atoms with E-state index < -0.39 is 23.6 Å². The highest BCUT2D eigenvalue weighted by Crippen LogP contribution is 2.21. The van der Waals surface area contributed by atoms with E-state index in [-0.39, 0.29) is 6.42 Å². The molecule has 0 saturated carbocycles. The van der Waals surface area contributed by atoms with E-state index in [0.717, 1.165) is 18.7 Å². The number of likely N-dealkylation sites (tertiary alicyclic amines) is 1. The first kappa shape index (κ1) is 21.1. The summed E-state index contributed by atoms with van der Waals surface area (Å²) in [7, 11) is 0. The first-order chi connectivity index (χ1) is 14.0. The summed E-state index contributed by atoms with van der Waals surface area (Å²) in [6, 6.07) is 11.7. The van der Waals surface area contributed by atoms with Crippen molar-refractivity contribution in [2.75, 3.05) is 45.9 Å². The van der Waals surface area contributed by atoms with Gasteiger partial charge in [-0.2, -0.15) is 5.26 Å². The molecule has 8 heteroatoms. The molecule has 2 fully saturated rings. The van der Waals surface area contributed by atoms with Crippen LogP contribution in [-0.2, 0) is 20.7 Å². The lowest BCUT2D eigenvalue weighted by Gasteiger charge is -2.30. The maximum absolute atomic E-state index is 13.1. The van der Waals surface area contributed by atoms with E-state index >= 15 is 0 Å². The molecule has 2 saturated heterocycles. The van der Waals surface area contributed by atoms with Gasteiger partial charge in [0.05, 0.1) is 19.3 Å². The summed E-state index contributed by atoms with van der Waals surface area (Å²) >= 11 is 0. The minimum atomic E-state index is -1.01. The second-order valence-corrected chi connectivity index (χ2v) is 7.46. The van der Waals surface area contributed by atoms with Gasteiger partial charge in [-0.15, -0.1) is 0 Å². The zero-order chi connectivity index (χ0) is 20.7. The van der Waals surface area contributed by atoms with Gasteiger partial charge in [-0.1, -0.05) is 37.3 Å². The molecule has 156 valence electrons. The molecule has 8 nitrogen and oxygen atoms in total. The summed E-state index contributed by atoms with van der Waals surface area (Å²) in [5.74, 6) is -0.435. The standard InChI is InChI=1S/C21H28N4O4/c1-2-24-9-8-21(15-22,16-24)23-19(26)18(14-17-6-4-3-5-7-17)29-20(27)25-10-12-28-13-11-25/h3-7,18H,2,8-14,16H2,1H3,(H,23,26)/t18-,21?/m0/s1. The van der Waals surface area contributed by atoms with Crippen molar-refractivity contribution in [2.24, 2.45) is 0 Å². The molecule has 2 amide bonds. The minimum Gasteiger partial charge on any atom is -0.436 e. The van der Waals surface area contributed by atoms with Gasteiger partial charge >= 0.3 is 6.09 Å². The lowest BCUT2D eigenvalue weighted by molar-refractivity contribution is -0.131. The smallest absolute Gasteiger partial charge is 0.410 e. The molecule has 2 heterocycles. The van der Waals surface area contributed by atoms with Gasteiger partial charge in [0.1, 0.15) is 5.54 Å². The van der Waals surface area contributed by atoms with Crippen molar-refractivity contribution >= 4 is 12.0 Å². The number of amides is 2. The number of hydrogen-bond acceptors (Lipinski definition) is 6. The third-order valence-electron chi connectivity index (χ3n) is 5.44. The molecule has 2 aliphatic heterocycles. The van der Waals surface area contributed by atoms with Crippen molar-refractivity contribution < 1.29 is 19.1 Å². The molecule has 1 aromatic rings. The number of carbonyl (C=O) groups excluding carboxylic acids is 2. The second kappa shape index (κ2) is 9.72. The van der Waals surface area contributed by atoms with Gasteiger partial charge < -0.3 is 24.6 Å². The van der Waals surface area contributed by atoms with E-state index in [0.29, 0.717) is 39.3 Å². The SMILES string of the molecule is CCN1CCC(C#N)(NC(=O)[C@H](Cc2ccccc2)OC(=O)N2CCOCC2)C1. The van der Waals surface area contributed by atoms with Crippen LogP contribution in [0.1, 0.15) is 18.9 Å². The first-order valence-electron chi connectivity index (χ1n) is 10.1. The molecule has 1 aromatic carbocycles. The molecular formula is C21H28N4O4. The molecule has 0 bridgehead atoms. The number of nitrogens with zero attached hydrogens (tertiary/aromatic N) is 3. The van der Waals surface area contributed by atoms with Gasteiger partial charge in [-0.3, -0.25) is 4.79 Å². The molecule has 2 aliphatic rings. The Balaban J connectivity index is 1.72. The zero-order valence-corrected chi connectivity index (χ0v) is 16.8. The van der Waals surface area contributed by atoms with E-state index in [1.165, 1.54) is 0 Å². The number of carbonyl (C=O) groups is 2. The average molecular weight is 400 g/mol. The van der Waals surface area contributed by atoms with Gasteiger partial charge in [-0.05, 0) is 18.5 Å². The number of rotatable bonds is 6. The number of nitriles is 1. The summed E-state index contributed by atoms with van der Waals surface area (Å²) in [5, 5.41) is 12.6. The van der Waals surface area contributed by atoms with E-state index in [9.17, 15) is 14.9 Å². The Hall–Kier alpha value is -2.63. The Kier molecular flexibility index (Phi) is 7.07. The van der Waals surface area contributed by atoms with Gasteiger partial charge in [0, 0.05) is 32.6 Å². The van der Waals surface area contributed by atoms with Crippen LogP contribution < -0.4 is 5.32 Å². The quantitative estimate of drug-likeness (QED) is 0.770. The molecule has 1 N–H and O–H groups in total. The normalized spacial score (nSPS) is 23.2. The monoisotopic (exact) mass is 400 g/mol. The van der Waals surface area contributed by atoms with E-state index in [4.69, 9.17) is 9.47 Å².